The van der Waals surface area contributed by atoms with Crippen molar-refractivity contribution < 1.29 is 4.74 Å². The molecule has 1 saturated carbocycles. The first-order chi connectivity index (χ1) is 6.90. The van der Waals surface area contributed by atoms with Gasteiger partial charge in [-0.1, -0.05) is 19.8 Å². The summed E-state index contributed by atoms with van der Waals surface area (Å²) in [6, 6.07) is 0.725. The van der Waals surface area contributed by atoms with Gasteiger partial charge < -0.3 is 10.1 Å². The topological polar surface area (TPSA) is 21.3 Å². The van der Waals surface area contributed by atoms with Crippen LogP contribution in [-0.4, -0.2) is 25.8 Å². The molecule has 2 aliphatic rings. The average molecular weight is 197 g/mol. The van der Waals surface area contributed by atoms with Crippen LogP contribution >= 0.6 is 0 Å². The van der Waals surface area contributed by atoms with Crippen molar-refractivity contribution in [2.75, 3.05) is 19.8 Å². The number of hydrogen-bond donors (Lipinski definition) is 1. The largest absolute Gasteiger partial charge is 0.381 e. The maximum atomic E-state index is 5.47. The SMILES string of the molecule is CCNC(CCC1CC1)C1CCOC1. The van der Waals surface area contributed by atoms with Crippen LogP contribution in [0.1, 0.15) is 39.0 Å². The van der Waals surface area contributed by atoms with Gasteiger partial charge in [-0.15, -0.1) is 0 Å². The van der Waals surface area contributed by atoms with Crippen LogP contribution in [-0.2, 0) is 4.74 Å². The average Bonchev–Trinajstić information content (AvgIpc) is 2.86. The monoisotopic (exact) mass is 197 g/mol. The highest BCUT2D eigenvalue weighted by atomic mass is 16.5. The summed E-state index contributed by atoms with van der Waals surface area (Å²) in [7, 11) is 0. The molecule has 1 aliphatic carbocycles. The van der Waals surface area contributed by atoms with Crippen LogP contribution in [0.15, 0.2) is 0 Å². The summed E-state index contributed by atoms with van der Waals surface area (Å²) in [5, 5.41) is 3.63. The molecule has 0 aromatic carbocycles. The Bertz CT molecular complexity index is 162. The lowest BCUT2D eigenvalue weighted by Crippen LogP contribution is -2.36. The van der Waals surface area contributed by atoms with E-state index in [0.717, 1.165) is 37.6 Å². The Morgan fingerprint density at radius 1 is 1.36 bits per heavy atom. The van der Waals surface area contributed by atoms with Crippen LogP contribution in [0.2, 0.25) is 0 Å². The van der Waals surface area contributed by atoms with Crippen molar-refractivity contribution in [1.29, 1.82) is 0 Å². The van der Waals surface area contributed by atoms with E-state index in [1.165, 1.54) is 32.1 Å². The van der Waals surface area contributed by atoms with Crippen molar-refractivity contribution in [3.8, 4) is 0 Å². The van der Waals surface area contributed by atoms with Gasteiger partial charge in [-0.25, -0.2) is 0 Å². The van der Waals surface area contributed by atoms with Gasteiger partial charge in [0.1, 0.15) is 0 Å². The second kappa shape index (κ2) is 5.13. The lowest BCUT2D eigenvalue weighted by Gasteiger charge is -2.23. The zero-order valence-corrected chi connectivity index (χ0v) is 9.30. The maximum absolute atomic E-state index is 5.47. The van der Waals surface area contributed by atoms with Gasteiger partial charge in [0.2, 0.25) is 0 Å². The van der Waals surface area contributed by atoms with Crippen LogP contribution in [0.4, 0.5) is 0 Å². The van der Waals surface area contributed by atoms with Gasteiger partial charge in [0, 0.05) is 12.6 Å². The molecule has 0 radical (unpaired) electrons. The van der Waals surface area contributed by atoms with E-state index in [9.17, 15) is 0 Å². The number of rotatable bonds is 6. The molecule has 0 spiro atoms. The Hall–Kier alpha value is -0.0800. The second-order valence-electron chi connectivity index (χ2n) is 4.81. The summed E-state index contributed by atoms with van der Waals surface area (Å²) >= 11 is 0. The standard InChI is InChI=1S/C12H23NO/c1-2-13-12(6-5-10-3-4-10)11-7-8-14-9-11/h10-13H,2-9H2,1H3. The number of hydrogen-bond acceptors (Lipinski definition) is 2. The molecule has 1 N–H and O–H groups in total. The summed E-state index contributed by atoms with van der Waals surface area (Å²) in [6.07, 6.45) is 7.04. The van der Waals surface area contributed by atoms with E-state index in [1.807, 2.05) is 0 Å². The highest BCUT2D eigenvalue weighted by Crippen LogP contribution is 2.35. The highest BCUT2D eigenvalue weighted by Gasteiger charge is 2.28. The number of nitrogens with one attached hydrogen (secondary N) is 1. The van der Waals surface area contributed by atoms with Gasteiger partial charge >= 0.3 is 0 Å². The smallest absolute Gasteiger partial charge is 0.0510 e. The summed E-state index contributed by atoms with van der Waals surface area (Å²) in [5.74, 6) is 1.85. The third kappa shape index (κ3) is 2.96. The molecule has 82 valence electrons. The lowest BCUT2D eigenvalue weighted by atomic mass is 9.94. The van der Waals surface area contributed by atoms with E-state index in [-0.39, 0.29) is 0 Å². The summed E-state index contributed by atoms with van der Waals surface area (Å²) in [5.41, 5.74) is 0. The Morgan fingerprint density at radius 3 is 2.79 bits per heavy atom. The minimum atomic E-state index is 0.725. The van der Waals surface area contributed by atoms with E-state index in [1.54, 1.807) is 0 Å². The third-order valence-corrected chi connectivity index (χ3v) is 3.58. The maximum Gasteiger partial charge on any atom is 0.0510 e. The minimum Gasteiger partial charge on any atom is -0.381 e. The first-order valence-corrected chi connectivity index (χ1v) is 6.21. The van der Waals surface area contributed by atoms with Gasteiger partial charge in [-0.2, -0.15) is 0 Å². The fraction of sp³-hybridized carbons (Fsp3) is 1.00. The molecule has 0 bridgehead atoms. The van der Waals surface area contributed by atoms with Crippen LogP contribution in [0, 0.1) is 11.8 Å². The van der Waals surface area contributed by atoms with Crippen molar-refractivity contribution in [1.82, 2.24) is 5.32 Å². The Balaban J connectivity index is 1.72. The van der Waals surface area contributed by atoms with Gasteiger partial charge in [0.15, 0.2) is 0 Å². The van der Waals surface area contributed by atoms with Gasteiger partial charge in [0.25, 0.3) is 0 Å². The summed E-state index contributed by atoms with van der Waals surface area (Å²) in [4.78, 5) is 0. The first kappa shape index (κ1) is 10.4. The molecule has 1 heterocycles. The lowest BCUT2D eigenvalue weighted by molar-refractivity contribution is 0.174. The summed E-state index contributed by atoms with van der Waals surface area (Å²) < 4.78 is 5.47. The zero-order valence-electron chi connectivity index (χ0n) is 9.30. The van der Waals surface area contributed by atoms with E-state index in [0.29, 0.717) is 0 Å². The minimum absolute atomic E-state index is 0.725. The molecule has 14 heavy (non-hydrogen) atoms. The van der Waals surface area contributed by atoms with E-state index in [2.05, 4.69) is 12.2 Å². The molecule has 1 saturated heterocycles. The van der Waals surface area contributed by atoms with E-state index in [4.69, 9.17) is 4.74 Å². The van der Waals surface area contributed by atoms with E-state index >= 15 is 0 Å². The molecule has 0 aromatic heterocycles. The van der Waals surface area contributed by atoms with Gasteiger partial charge in [-0.3, -0.25) is 0 Å². The van der Waals surface area contributed by atoms with Crippen molar-refractivity contribution >= 4 is 0 Å². The zero-order chi connectivity index (χ0) is 9.80. The molecule has 2 rings (SSSR count). The highest BCUT2D eigenvalue weighted by molar-refractivity contribution is 4.82. The quantitative estimate of drug-likeness (QED) is 0.705. The molecule has 0 amide bonds. The molecule has 2 unspecified atom stereocenters. The Kier molecular flexibility index (Phi) is 3.82. The molecule has 1 aliphatic heterocycles. The molecule has 2 heteroatoms. The van der Waals surface area contributed by atoms with Crippen molar-refractivity contribution in [2.24, 2.45) is 11.8 Å². The molecule has 2 nitrogen and oxygen atoms in total. The van der Waals surface area contributed by atoms with Gasteiger partial charge in [0.05, 0.1) is 6.61 Å². The van der Waals surface area contributed by atoms with Crippen LogP contribution in [0.3, 0.4) is 0 Å². The predicted octanol–water partition coefficient (Wildman–Crippen LogP) is 2.19. The second-order valence-corrected chi connectivity index (χ2v) is 4.81. The van der Waals surface area contributed by atoms with Crippen molar-refractivity contribution in [3.05, 3.63) is 0 Å². The third-order valence-electron chi connectivity index (χ3n) is 3.58. The fourth-order valence-electron chi connectivity index (χ4n) is 2.46. The predicted molar refractivity (Wildman–Crippen MR) is 58.3 cm³/mol. The molecule has 2 fully saturated rings. The van der Waals surface area contributed by atoms with Crippen LogP contribution < -0.4 is 5.32 Å². The Labute approximate surface area is 87.4 Å². The van der Waals surface area contributed by atoms with E-state index < -0.39 is 0 Å². The number of ether oxygens (including phenoxy) is 1. The van der Waals surface area contributed by atoms with Gasteiger partial charge in [-0.05, 0) is 37.6 Å². The molecular formula is C12H23NO. The van der Waals surface area contributed by atoms with Crippen molar-refractivity contribution in [3.63, 3.8) is 0 Å². The molecular weight excluding hydrogens is 174 g/mol. The van der Waals surface area contributed by atoms with Crippen LogP contribution in [0.25, 0.3) is 0 Å². The first-order valence-electron chi connectivity index (χ1n) is 6.21. The van der Waals surface area contributed by atoms with Crippen LogP contribution in [0.5, 0.6) is 0 Å². The Morgan fingerprint density at radius 2 is 2.21 bits per heavy atom. The molecule has 0 aromatic rings. The molecule has 2 atom stereocenters. The van der Waals surface area contributed by atoms with Crippen molar-refractivity contribution in [2.45, 2.75) is 45.1 Å². The normalized spacial score (nSPS) is 29.4. The fourth-order valence-corrected chi connectivity index (χ4v) is 2.46. The summed E-state index contributed by atoms with van der Waals surface area (Å²) in [6.45, 7) is 5.28.